The number of aliphatic hydroxyl groups excluding tert-OH is 15. The molecular formula is C32H55NO25. The number of carbonyl (C=O) groups is 1. The maximum atomic E-state index is 12.6. The minimum Gasteiger partial charge on any atom is -0.394 e. The van der Waals surface area contributed by atoms with Gasteiger partial charge in [-0.25, -0.2) is 0 Å². The summed E-state index contributed by atoms with van der Waals surface area (Å²) in [4.78, 5) is 12.6. The molecule has 0 aromatic carbocycles. The lowest BCUT2D eigenvalue weighted by Gasteiger charge is -2.50. The van der Waals surface area contributed by atoms with Crippen LogP contribution < -0.4 is 5.32 Å². The third-order valence-electron chi connectivity index (χ3n) is 10.7. The average molecular weight is 854 g/mol. The van der Waals surface area contributed by atoms with Crippen LogP contribution in [-0.2, 0) is 47.4 Å². The summed E-state index contributed by atoms with van der Waals surface area (Å²) < 4.78 is 50.8. The summed E-state index contributed by atoms with van der Waals surface area (Å²) >= 11 is 0. The molecule has 26 nitrogen and oxygen atoms in total. The van der Waals surface area contributed by atoms with Crippen molar-refractivity contribution in [1.82, 2.24) is 5.32 Å². The summed E-state index contributed by atoms with van der Waals surface area (Å²) in [6.07, 6.45) is -43.1. The lowest BCUT2D eigenvalue weighted by Crippen LogP contribution is -2.70. The number of ether oxygens (including phenoxy) is 9. The molecule has 1 amide bonds. The summed E-state index contributed by atoms with van der Waals surface area (Å²) in [5, 5.41) is 159. The molecule has 0 spiro atoms. The van der Waals surface area contributed by atoms with Crippen LogP contribution in [0.4, 0.5) is 0 Å². The minimum atomic E-state index is -2.09. The fraction of sp³-hybridized carbons (Fsp3) is 0.969. The molecule has 0 aliphatic carbocycles. The lowest BCUT2D eigenvalue weighted by molar-refractivity contribution is -0.389. The predicted molar refractivity (Wildman–Crippen MR) is 177 cm³/mol. The van der Waals surface area contributed by atoms with Crippen molar-refractivity contribution >= 4 is 5.91 Å². The zero-order valence-corrected chi connectivity index (χ0v) is 31.1. The Morgan fingerprint density at radius 3 is 1.47 bits per heavy atom. The number of aliphatic hydroxyl groups is 15. The van der Waals surface area contributed by atoms with Gasteiger partial charge in [0.2, 0.25) is 5.91 Å². The summed E-state index contributed by atoms with van der Waals surface area (Å²) in [6.45, 7) is -1.31. The van der Waals surface area contributed by atoms with Gasteiger partial charge < -0.3 is 125 Å². The van der Waals surface area contributed by atoms with Crippen LogP contribution in [0.15, 0.2) is 0 Å². The van der Waals surface area contributed by atoms with Gasteiger partial charge in [-0.05, 0) is 6.92 Å². The molecule has 338 valence electrons. The molecule has 5 heterocycles. The molecule has 0 aromatic heterocycles. The molecule has 16 N–H and O–H groups in total. The largest absolute Gasteiger partial charge is 0.394 e. The molecule has 26 heteroatoms. The summed E-state index contributed by atoms with van der Waals surface area (Å²) in [5.74, 6) is -0.807. The Kier molecular flexibility index (Phi) is 16.5. The summed E-state index contributed by atoms with van der Waals surface area (Å²) in [6, 6.07) is -1.69. The van der Waals surface area contributed by atoms with E-state index in [1.165, 1.54) is 6.92 Å². The topological polar surface area (TPSA) is 416 Å². The van der Waals surface area contributed by atoms with E-state index in [1.54, 1.807) is 0 Å². The van der Waals surface area contributed by atoms with E-state index in [9.17, 15) is 81.4 Å². The first kappa shape index (κ1) is 47.6. The smallest absolute Gasteiger partial charge is 0.217 e. The SMILES string of the molecule is CC(=O)N[C@H]1[C@H](O[C@@H]2[C@H](O)[C@@H](O)[C@H](O[C@H]3[C@H](O)[C@@H](O)C(O)O[C@@H]3CO)O[C@@H]2CO)O[C@H](CO)[C@H](O)[C@@H]1O[C@@H]1O[C@H](CO)[C@H](O)[C@H](O)[C@H]1O[C@@H]1O[C@@H](C)[C@@H](O)[C@@H](O)[C@@H]1O. The fourth-order valence-corrected chi connectivity index (χ4v) is 7.36. The second-order valence-corrected chi connectivity index (χ2v) is 14.7. The van der Waals surface area contributed by atoms with E-state index in [1.807, 2.05) is 0 Å². The van der Waals surface area contributed by atoms with Crippen molar-refractivity contribution in [2.24, 2.45) is 0 Å². The average Bonchev–Trinajstić information content (AvgIpc) is 3.19. The van der Waals surface area contributed by atoms with Crippen molar-refractivity contribution in [1.29, 1.82) is 0 Å². The van der Waals surface area contributed by atoms with E-state index >= 15 is 0 Å². The minimum absolute atomic E-state index is 0.807. The van der Waals surface area contributed by atoms with Gasteiger partial charge in [-0.3, -0.25) is 4.79 Å². The van der Waals surface area contributed by atoms with Crippen molar-refractivity contribution < 1.29 is 124 Å². The van der Waals surface area contributed by atoms with Crippen molar-refractivity contribution in [3.63, 3.8) is 0 Å². The third kappa shape index (κ3) is 9.75. The van der Waals surface area contributed by atoms with Crippen LogP contribution in [0, 0.1) is 0 Å². The summed E-state index contributed by atoms with van der Waals surface area (Å²) in [7, 11) is 0. The van der Waals surface area contributed by atoms with Crippen molar-refractivity contribution in [3.05, 3.63) is 0 Å². The lowest BCUT2D eigenvalue weighted by atomic mass is 9.94. The molecule has 5 aliphatic rings. The van der Waals surface area contributed by atoms with Gasteiger partial charge in [-0.1, -0.05) is 0 Å². The van der Waals surface area contributed by atoms with Crippen LogP contribution >= 0.6 is 0 Å². The van der Waals surface area contributed by atoms with Gasteiger partial charge >= 0.3 is 0 Å². The van der Waals surface area contributed by atoms with E-state index < -0.39 is 186 Å². The molecule has 5 fully saturated rings. The highest BCUT2D eigenvalue weighted by Gasteiger charge is 2.57. The van der Waals surface area contributed by atoms with Gasteiger partial charge in [0.1, 0.15) is 116 Å². The van der Waals surface area contributed by atoms with Crippen molar-refractivity contribution in [2.45, 2.75) is 167 Å². The second kappa shape index (κ2) is 20.1. The Labute approximate surface area is 329 Å². The first-order valence-corrected chi connectivity index (χ1v) is 18.5. The molecular weight excluding hydrogens is 798 g/mol. The Morgan fingerprint density at radius 2 is 0.879 bits per heavy atom. The molecule has 0 radical (unpaired) electrons. The highest BCUT2D eigenvalue weighted by atomic mass is 16.8. The third-order valence-corrected chi connectivity index (χ3v) is 10.7. The molecule has 58 heavy (non-hydrogen) atoms. The second-order valence-electron chi connectivity index (χ2n) is 14.7. The first-order valence-electron chi connectivity index (χ1n) is 18.5. The monoisotopic (exact) mass is 853 g/mol. The Balaban J connectivity index is 1.40. The number of hydrogen-bond acceptors (Lipinski definition) is 25. The van der Waals surface area contributed by atoms with Crippen LogP contribution in [0.2, 0.25) is 0 Å². The van der Waals surface area contributed by atoms with Crippen LogP contribution in [0.1, 0.15) is 13.8 Å². The van der Waals surface area contributed by atoms with Gasteiger partial charge in [-0.2, -0.15) is 0 Å². The molecule has 0 aromatic rings. The zero-order valence-electron chi connectivity index (χ0n) is 31.1. The number of nitrogens with one attached hydrogen (secondary N) is 1. The number of amides is 1. The van der Waals surface area contributed by atoms with Gasteiger partial charge in [0, 0.05) is 6.92 Å². The maximum Gasteiger partial charge on any atom is 0.217 e. The van der Waals surface area contributed by atoms with E-state index in [4.69, 9.17) is 42.6 Å². The fourth-order valence-electron chi connectivity index (χ4n) is 7.36. The van der Waals surface area contributed by atoms with Gasteiger partial charge in [0.05, 0.1) is 32.5 Å². The van der Waals surface area contributed by atoms with Gasteiger partial charge in [-0.15, -0.1) is 0 Å². The van der Waals surface area contributed by atoms with Gasteiger partial charge in [0.25, 0.3) is 0 Å². The highest BCUT2D eigenvalue weighted by Crippen LogP contribution is 2.36. The van der Waals surface area contributed by atoms with Gasteiger partial charge in [0.15, 0.2) is 31.5 Å². The zero-order chi connectivity index (χ0) is 42.9. The molecule has 5 aliphatic heterocycles. The van der Waals surface area contributed by atoms with E-state index in [-0.39, 0.29) is 0 Å². The van der Waals surface area contributed by atoms with E-state index in [0.717, 1.165) is 6.92 Å². The van der Waals surface area contributed by atoms with Crippen LogP contribution in [-0.4, -0.2) is 262 Å². The quantitative estimate of drug-likeness (QED) is 0.0818. The van der Waals surface area contributed by atoms with Crippen molar-refractivity contribution in [2.75, 3.05) is 26.4 Å². The molecule has 5 saturated heterocycles. The van der Waals surface area contributed by atoms with E-state index in [2.05, 4.69) is 5.32 Å². The molecule has 0 saturated carbocycles. The van der Waals surface area contributed by atoms with Crippen LogP contribution in [0.5, 0.6) is 0 Å². The first-order chi connectivity index (χ1) is 27.4. The summed E-state index contributed by atoms with van der Waals surface area (Å²) in [5.41, 5.74) is 0. The number of carbonyl (C=O) groups excluding carboxylic acids is 1. The standard InChI is InChI=1S/C32H55NO25/c1-7-14(39)17(42)22(47)30(50-7)58-27-18(43)15(40)9(3-34)53-32(27)57-26-13(33-8(2)38)29(52-10(4-35)16(26)41)55-25-12(6-37)54-31(23(48)20(25)45)56-24-11(5-36)51-28(49)21(46)19(24)44/h7,9-32,34-37,39-49H,3-6H2,1-2H3,(H,33,38)/t7-,9+,10+,11+,12+,13+,14+,15-,16-,17+,18-,19+,20+,21+,22-,23+,24+,25-,26+,27+,28?,29-,30-,31-,32-/m0/s1. The van der Waals surface area contributed by atoms with E-state index in [0.29, 0.717) is 0 Å². The Hall–Kier alpha value is -1.49. The number of rotatable bonds is 13. The molecule has 5 rings (SSSR count). The molecule has 25 atom stereocenters. The Bertz CT molecular complexity index is 1300. The maximum absolute atomic E-state index is 12.6. The predicted octanol–water partition coefficient (Wildman–Crippen LogP) is -10.8. The normalized spacial score (nSPS) is 51.6. The Morgan fingerprint density at radius 1 is 0.448 bits per heavy atom. The van der Waals surface area contributed by atoms with Crippen LogP contribution in [0.25, 0.3) is 0 Å². The number of hydrogen-bond donors (Lipinski definition) is 16. The van der Waals surface area contributed by atoms with Crippen LogP contribution in [0.3, 0.4) is 0 Å². The molecule has 1 unspecified atom stereocenters. The molecule has 0 bridgehead atoms. The highest BCUT2D eigenvalue weighted by molar-refractivity contribution is 5.73. The van der Waals surface area contributed by atoms with Crippen molar-refractivity contribution in [3.8, 4) is 0 Å².